The Balaban J connectivity index is 1.24. The maximum absolute atomic E-state index is 15.0. The quantitative estimate of drug-likeness (QED) is 0.148. The van der Waals surface area contributed by atoms with Gasteiger partial charge >= 0.3 is 0 Å². The van der Waals surface area contributed by atoms with Crippen molar-refractivity contribution in [3.63, 3.8) is 0 Å². The third-order valence-electron chi connectivity index (χ3n) is 12.7. The first-order valence-electron chi connectivity index (χ1n) is 20.7. The van der Waals surface area contributed by atoms with E-state index in [2.05, 4.69) is 144 Å². The van der Waals surface area contributed by atoms with Gasteiger partial charge in [0.15, 0.2) is 0 Å². The number of para-hydroxylation sites is 2. The average Bonchev–Trinajstić information content (AvgIpc) is 4.06. The molecule has 0 amide bonds. The molecule has 0 unspecified atom stereocenters. The summed E-state index contributed by atoms with van der Waals surface area (Å²) >= 11 is 3.65. The second-order valence-corrected chi connectivity index (χ2v) is 18.1. The van der Waals surface area contributed by atoms with Crippen molar-refractivity contribution in [3.05, 3.63) is 205 Å². The molecular weight excluding hydrogens is 803 g/mol. The second-order valence-electron chi connectivity index (χ2n) is 16.0. The summed E-state index contributed by atoms with van der Waals surface area (Å²) in [5.41, 5.74) is 10.3. The number of fused-ring (bicyclic) bond motifs is 14. The molecule has 0 aliphatic rings. The summed E-state index contributed by atoms with van der Waals surface area (Å²) in [4.78, 5) is 0. The Morgan fingerprint density at radius 2 is 0.871 bits per heavy atom. The van der Waals surface area contributed by atoms with Gasteiger partial charge in [-0.1, -0.05) is 116 Å². The van der Waals surface area contributed by atoms with Crippen LogP contribution in [0.25, 0.3) is 106 Å². The van der Waals surface area contributed by atoms with Crippen molar-refractivity contribution in [3.8, 4) is 0 Å². The normalized spacial score (nSPS) is 13.1. The Morgan fingerprint density at radius 3 is 1.40 bits per heavy atom. The largest absolute Gasteiger partial charge is 0.313 e. The number of aromatic nitrogens is 2. The Hall–Kier alpha value is -7.12. The van der Waals surface area contributed by atoms with Gasteiger partial charge in [-0.15, -0.1) is 22.7 Å². The van der Waals surface area contributed by atoms with Crippen LogP contribution in [0.1, 0.15) is 25.0 Å². The number of hydrogen-bond acceptors (Lipinski definition) is 2. The fraction of sp³-hybridized carbons (Fsp3) is 0.0357. The molecule has 0 atom stereocenters. The van der Waals surface area contributed by atoms with Gasteiger partial charge in [-0.05, 0) is 96.8 Å². The molecule has 4 heterocycles. The van der Waals surface area contributed by atoms with Crippen LogP contribution in [0.2, 0.25) is 0 Å². The first kappa shape index (κ1) is 36.7. The number of allylic oxidation sites excluding steroid dienone is 5. The SMILES string of the molecule is C=C(/C(=C(\C(C)=C(/C)n1c2ccccc2c2c3sc4ccccc4c3ccc21)c1ccc(F)cc1)n1c2ccccc2c2c3sc4ccccc4c3ccc21)c1ccc(F)cc1. The first-order valence-corrected chi connectivity index (χ1v) is 22.3. The first-order chi connectivity index (χ1) is 30.4. The summed E-state index contributed by atoms with van der Waals surface area (Å²) in [7, 11) is 0. The smallest absolute Gasteiger partial charge is 0.123 e. The van der Waals surface area contributed by atoms with Crippen LogP contribution in [0.4, 0.5) is 8.78 Å². The molecule has 0 aliphatic heterocycles. The van der Waals surface area contributed by atoms with Gasteiger partial charge in [0, 0.05) is 73.2 Å². The average molecular weight is 839 g/mol. The third kappa shape index (κ3) is 5.36. The van der Waals surface area contributed by atoms with E-state index < -0.39 is 0 Å². The number of halogens is 2. The van der Waals surface area contributed by atoms with Crippen molar-refractivity contribution in [1.82, 2.24) is 9.13 Å². The summed E-state index contributed by atoms with van der Waals surface area (Å²) in [5.74, 6) is -0.634. The molecule has 0 spiro atoms. The van der Waals surface area contributed by atoms with Gasteiger partial charge in [0.05, 0.1) is 27.8 Å². The van der Waals surface area contributed by atoms with Gasteiger partial charge in [0.2, 0.25) is 0 Å². The summed E-state index contributed by atoms with van der Waals surface area (Å²) in [6.45, 7) is 9.20. The predicted octanol–water partition coefficient (Wildman–Crippen LogP) is 16.9. The van der Waals surface area contributed by atoms with E-state index in [0.29, 0.717) is 5.57 Å². The van der Waals surface area contributed by atoms with E-state index in [1.807, 2.05) is 34.8 Å². The lowest BCUT2D eigenvalue weighted by Gasteiger charge is -2.24. The Kier molecular flexibility index (Phi) is 8.27. The molecule has 0 saturated carbocycles. The highest BCUT2D eigenvalue weighted by atomic mass is 32.1. The summed E-state index contributed by atoms with van der Waals surface area (Å²) in [6, 6.07) is 56.8. The van der Waals surface area contributed by atoms with Gasteiger partial charge in [-0.2, -0.15) is 0 Å². The molecule has 0 saturated heterocycles. The molecule has 4 aromatic heterocycles. The van der Waals surface area contributed by atoms with E-state index in [0.717, 1.165) is 66.5 Å². The zero-order valence-corrected chi connectivity index (χ0v) is 35.5. The number of hydrogen-bond donors (Lipinski definition) is 0. The summed E-state index contributed by atoms with van der Waals surface area (Å²) < 4.78 is 39.3. The minimum absolute atomic E-state index is 0.316. The lowest BCUT2D eigenvalue weighted by atomic mass is 9.90. The van der Waals surface area contributed by atoms with Crippen LogP contribution < -0.4 is 0 Å². The van der Waals surface area contributed by atoms with Crippen LogP contribution in [0.15, 0.2) is 182 Å². The highest BCUT2D eigenvalue weighted by Crippen LogP contribution is 2.49. The molecule has 0 fully saturated rings. The van der Waals surface area contributed by atoms with Crippen molar-refractivity contribution in [2.45, 2.75) is 13.8 Å². The summed E-state index contributed by atoms with van der Waals surface area (Å²) in [5, 5.41) is 9.66. The van der Waals surface area contributed by atoms with Gasteiger partial charge in [-0.25, -0.2) is 8.78 Å². The molecule has 0 bridgehead atoms. The molecule has 12 rings (SSSR count). The Morgan fingerprint density at radius 1 is 0.435 bits per heavy atom. The standard InChI is InChI=1S/C56H36F2N2S2/c1-32(34(3)59-45-16-8-4-14-43(45)52-47(59)30-28-41-39-12-6-10-18-49(39)61-55(41)52)51(36-22-26-38(58)27-23-36)54(33(2)35-20-24-37(57)25-21-35)60-46-17-9-5-15-44(46)53-48(60)31-29-42-40-13-7-11-19-50(40)62-56(42)53/h4-31H,2H2,1,3H3/b34-32+,54-51-. The van der Waals surface area contributed by atoms with Crippen LogP contribution in [0.5, 0.6) is 0 Å². The molecule has 12 aromatic rings. The maximum atomic E-state index is 15.0. The van der Waals surface area contributed by atoms with Crippen LogP contribution >= 0.6 is 22.7 Å². The van der Waals surface area contributed by atoms with E-state index in [-0.39, 0.29) is 11.6 Å². The molecule has 0 aliphatic carbocycles. The van der Waals surface area contributed by atoms with Gasteiger partial charge in [0.1, 0.15) is 11.6 Å². The molecule has 6 heteroatoms. The lowest BCUT2D eigenvalue weighted by molar-refractivity contribution is 0.627. The van der Waals surface area contributed by atoms with E-state index in [1.54, 1.807) is 12.1 Å². The molecular formula is C56H36F2N2S2. The molecule has 0 N–H and O–H groups in total. The van der Waals surface area contributed by atoms with Gasteiger partial charge in [0.25, 0.3) is 0 Å². The van der Waals surface area contributed by atoms with Crippen molar-refractivity contribution >= 4 is 129 Å². The van der Waals surface area contributed by atoms with Crippen molar-refractivity contribution in [2.24, 2.45) is 0 Å². The molecule has 296 valence electrons. The minimum atomic E-state index is -0.319. The van der Waals surface area contributed by atoms with Crippen LogP contribution in [0.3, 0.4) is 0 Å². The molecule has 2 nitrogen and oxygen atoms in total. The summed E-state index contributed by atoms with van der Waals surface area (Å²) in [6.07, 6.45) is 0. The van der Waals surface area contributed by atoms with Gasteiger partial charge < -0.3 is 9.13 Å². The second kappa shape index (κ2) is 14.0. The Labute approximate surface area is 363 Å². The maximum Gasteiger partial charge on any atom is 0.123 e. The highest BCUT2D eigenvalue weighted by Gasteiger charge is 2.26. The molecule has 62 heavy (non-hydrogen) atoms. The van der Waals surface area contributed by atoms with Crippen molar-refractivity contribution < 1.29 is 8.78 Å². The Bertz CT molecular complexity index is 3910. The van der Waals surface area contributed by atoms with Crippen molar-refractivity contribution in [2.75, 3.05) is 0 Å². The minimum Gasteiger partial charge on any atom is -0.313 e. The molecule has 8 aromatic carbocycles. The fourth-order valence-corrected chi connectivity index (χ4v) is 12.3. The predicted molar refractivity (Wildman–Crippen MR) is 264 cm³/mol. The monoisotopic (exact) mass is 838 g/mol. The van der Waals surface area contributed by atoms with Crippen LogP contribution in [-0.4, -0.2) is 9.13 Å². The number of nitrogens with zero attached hydrogens (tertiary/aromatic N) is 2. The third-order valence-corrected chi connectivity index (χ3v) is 15.1. The highest BCUT2D eigenvalue weighted by molar-refractivity contribution is 7.27. The zero-order chi connectivity index (χ0) is 41.8. The van der Waals surface area contributed by atoms with E-state index in [1.165, 1.54) is 75.4 Å². The van der Waals surface area contributed by atoms with E-state index >= 15 is 0 Å². The number of rotatable bonds is 6. The van der Waals surface area contributed by atoms with E-state index in [9.17, 15) is 8.78 Å². The van der Waals surface area contributed by atoms with Crippen LogP contribution in [0, 0.1) is 11.6 Å². The zero-order valence-electron chi connectivity index (χ0n) is 33.8. The van der Waals surface area contributed by atoms with Crippen LogP contribution in [-0.2, 0) is 0 Å². The number of benzene rings is 8. The van der Waals surface area contributed by atoms with Gasteiger partial charge in [-0.3, -0.25) is 0 Å². The number of thiophene rings is 2. The fourth-order valence-electron chi connectivity index (χ4n) is 9.75. The topological polar surface area (TPSA) is 9.86 Å². The molecule has 0 radical (unpaired) electrons. The van der Waals surface area contributed by atoms with E-state index in [4.69, 9.17) is 6.58 Å². The van der Waals surface area contributed by atoms with Crippen molar-refractivity contribution in [1.29, 1.82) is 0 Å². The lowest BCUT2D eigenvalue weighted by Crippen LogP contribution is -2.07.